The molecule has 0 unspecified atom stereocenters. The van der Waals surface area contributed by atoms with Gasteiger partial charge in [0.1, 0.15) is 6.33 Å². The summed E-state index contributed by atoms with van der Waals surface area (Å²) in [5.74, 6) is 0. The number of nitrogens with zero attached hydrogens (tertiary/aromatic N) is 2. The maximum Gasteiger partial charge on any atom is 0.214 e. The summed E-state index contributed by atoms with van der Waals surface area (Å²) >= 11 is 0. The summed E-state index contributed by atoms with van der Waals surface area (Å²) in [6.07, 6.45) is 1.45. The van der Waals surface area contributed by atoms with E-state index in [1.54, 1.807) is 19.9 Å². The van der Waals surface area contributed by atoms with Crippen LogP contribution in [0, 0.1) is 0 Å². The average Bonchev–Trinajstić information content (AvgIpc) is 2.46. The Balaban J connectivity index is 2.15. The number of nitrogens with one attached hydrogen (secondary N) is 1. The third-order valence-corrected chi connectivity index (χ3v) is 4.66. The van der Waals surface area contributed by atoms with Crippen molar-refractivity contribution in [1.29, 1.82) is 0 Å². The van der Waals surface area contributed by atoms with Crippen molar-refractivity contribution in [2.45, 2.75) is 25.6 Å². The Bertz CT molecular complexity index is 670. The van der Waals surface area contributed by atoms with E-state index in [9.17, 15) is 8.42 Å². The molecule has 5 nitrogen and oxygen atoms in total. The van der Waals surface area contributed by atoms with Crippen LogP contribution in [0.15, 0.2) is 42.7 Å². The number of rotatable bonds is 5. The van der Waals surface area contributed by atoms with Crippen LogP contribution >= 0.6 is 0 Å². The van der Waals surface area contributed by atoms with Crippen molar-refractivity contribution >= 4 is 10.0 Å². The Morgan fingerprint density at radius 2 is 1.85 bits per heavy atom. The second-order valence-corrected chi connectivity index (χ2v) is 7.00. The third-order valence-electron chi connectivity index (χ3n) is 2.87. The Hall–Kier alpha value is -1.79. The molecule has 1 heterocycles. The van der Waals surface area contributed by atoms with E-state index >= 15 is 0 Å². The molecule has 0 amide bonds. The molecule has 0 atom stereocenters. The molecule has 2 rings (SSSR count). The van der Waals surface area contributed by atoms with E-state index in [0.29, 0.717) is 5.69 Å². The van der Waals surface area contributed by atoms with E-state index in [-0.39, 0.29) is 6.54 Å². The van der Waals surface area contributed by atoms with Crippen LogP contribution in [0.3, 0.4) is 0 Å². The predicted molar refractivity (Wildman–Crippen MR) is 78.4 cm³/mol. The standard InChI is InChI=1S/C14H17N3O2S/c1-11(2)20(18,19)17-9-13-8-14(16-10-15-13)12-6-4-3-5-7-12/h3-8,10-11,17H,9H2,1-2H3. The minimum atomic E-state index is -3.28. The zero-order chi connectivity index (χ0) is 14.6. The van der Waals surface area contributed by atoms with E-state index in [4.69, 9.17) is 0 Å². The third kappa shape index (κ3) is 3.61. The van der Waals surface area contributed by atoms with Gasteiger partial charge < -0.3 is 0 Å². The van der Waals surface area contributed by atoms with Gasteiger partial charge in [0, 0.05) is 5.56 Å². The minimum Gasteiger partial charge on any atom is -0.240 e. The second-order valence-electron chi connectivity index (χ2n) is 4.68. The molecule has 0 aliphatic carbocycles. The second kappa shape index (κ2) is 6.11. The molecule has 0 saturated heterocycles. The first-order valence-corrected chi connectivity index (χ1v) is 7.88. The monoisotopic (exact) mass is 291 g/mol. The highest BCUT2D eigenvalue weighted by molar-refractivity contribution is 7.90. The SMILES string of the molecule is CC(C)S(=O)(=O)NCc1cc(-c2ccccc2)ncn1. The van der Waals surface area contributed by atoms with Crippen LogP contribution in [0.5, 0.6) is 0 Å². The van der Waals surface area contributed by atoms with Crippen LogP contribution in [-0.4, -0.2) is 23.6 Å². The van der Waals surface area contributed by atoms with Crippen molar-refractivity contribution in [2.24, 2.45) is 0 Å². The summed E-state index contributed by atoms with van der Waals surface area (Å²) in [4.78, 5) is 8.29. The minimum absolute atomic E-state index is 0.170. The van der Waals surface area contributed by atoms with Crippen LogP contribution in [-0.2, 0) is 16.6 Å². The molecule has 0 radical (unpaired) electrons. The molecule has 0 saturated carbocycles. The molecule has 0 bridgehead atoms. The lowest BCUT2D eigenvalue weighted by Gasteiger charge is -2.09. The lowest BCUT2D eigenvalue weighted by Crippen LogP contribution is -2.30. The van der Waals surface area contributed by atoms with Gasteiger partial charge in [-0.05, 0) is 19.9 Å². The molecule has 6 heteroatoms. The Labute approximate surface area is 119 Å². The number of aromatic nitrogens is 2. The zero-order valence-corrected chi connectivity index (χ0v) is 12.3. The van der Waals surface area contributed by atoms with Crippen molar-refractivity contribution in [3.8, 4) is 11.3 Å². The molecule has 106 valence electrons. The number of sulfonamides is 1. The molecule has 0 fully saturated rings. The van der Waals surface area contributed by atoms with Crippen LogP contribution in [0.1, 0.15) is 19.5 Å². The van der Waals surface area contributed by atoms with Gasteiger partial charge in [0.15, 0.2) is 0 Å². The predicted octanol–water partition coefficient (Wildman–Crippen LogP) is 1.97. The highest BCUT2D eigenvalue weighted by atomic mass is 32.2. The van der Waals surface area contributed by atoms with Gasteiger partial charge in [-0.25, -0.2) is 23.1 Å². The van der Waals surface area contributed by atoms with Gasteiger partial charge >= 0.3 is 0 Å². The van der Waals surface area contributed by atoms with Crippen molar-refractivity contribution in [3.05, 3.63) is 48.4 Å². The van der Waals surface area contributed by atoms with E-state index in [2.05, 4.69) is 14.7 Å². The Morgan fingerprint density at radius 3 is 2.50 bits per heavy atom. The van der Waals surface area contributed by atoms with Crippen LogP contribution in [0.4, 0.5) is 0 Å². The summed E-state index contributed by atoms with van der Waals surface area (Å²) < 4.78 is 25.9. The first-order valence-electron chi connectivity index (χ1n) is 6.34. The molecule has 1 aromatic carbocycles. The van der Waals surface area contributed by atoms with E-state index in [1.807, 2.05) is 30.3 Å². The topological polar surface area (TPSA) is 72.0 Å². The fourth-order valence-electron chi connectivity index (χ4n) is 1.60. The van der Waals surface area contributed by atoms with Gasteiger partial charge in [0.05, 0.1) is 23.2 Å². The number of benzene rings is 1. The van der Waals surface area contributed by atoms with Crippen molar-refractivity contribution in [1.82, 2.24) is 14.7 Å². The molecule has 0 aliphatic rings. The van der Waals surface area contributed by atoms with Gasteiger partial charge in [0.2, 0.25) is 10.0 Å². The highest BCUT2D eigenvalue weighted by Gasteiger charge is 2.15. The van der Waals surface area contributed by atoms with E-state index in [0.717, 1.165) is 11.3 Å². The summed E-state index contributed by atoms with van der Waals surface area (Å²) in [6, 6.07) is 11.5. The van der Waals surface area contributed by atoms with Gasteiger partial charge in [-0.1, -0.05) is 30.3 Å². The summed E-state index contributed by atoms with van der Waals surface area (Å²) in [6.45, 7) is 3.44. The normalized spacial score (nSPS) is 11.8. The van der Waals surface area contributed by atoms with Crippen molar-refractivity contribution in [3.63, 3.8) is 0 Å². The average molecular weight is 291 g/mol. The molecule has 0 aliphatic heterocycles. The van der Waals surface area contributed by atoms with Gasteiger partial charge in [0.25, 0.3) is 0 Å². The Morgan fingerprint density at radius 1 is 1.15 bits per heavy atom. The first-order chi connectivity index (χ1) is 9.49. The molecule has 1 aromatic heterocycles. The molecular weight excluding hydrogens is 274 g/mol. The molecule has 1 N–H and O–H groups in total. The maximum absolute atomic E-state index is 11.7. The van der Waals surface area contributed by atoms with Gasteiger partial charge in [-0.2, -0.15) is 0 Å². The fraction of sp³-hybridized carbons (Fsp3) is 0.286. The largest absolute Gasteiger partial charge is 0.240 e. The summed E-state index contributed by atoms with van der Waals surface area (Å²) in [5, 5.41) is -0.460. The summed E-state index contributed by atoms with van der Waals surface area (Å²) in [7, 11) is -3.28. The zero-order valence-electron chi connectivity index (χ0n) is 11.4. The maximum atomic E-state index is 11.7. The molecule has 0 spiro atoms. The number of hydrogen-bond acceptors (Lipinski definition) is 4. The first kappa shape index (κ1) is 14.6. The molecule has 20 heavy (non-hydrogen) atoms. The van der Waals surface area contributed by atoms with E-state index < -0.39 is 15.3 Å². The van der Waals surface area contributed by atoms with E-state index in [1.165, 1.54) is 6.33 Å². The highest BCUT2D eigenvalue weighted by Crippen LogP contribution is 2.16. The summed E-state index contributed by atoms with van der Waals surface area (Å²) in [5.41, 5.74) is 2.39. The smallest absolute Gasteiger partial charge is 0.214 e. The number of hydrogen-bond donors (Lipinski definition) is 1. The lowest BCUT2D eigenvalue weighted by atomic mass is 10.1. The van der Waals surface area contributed by atoms with Gasteiger partial charge in [-0.3, -0.25) is 0 Å². The fourth-order valence-corrected chi connectivity index (χ4v) is 2.28. The lowest BCUT2D eigenvalue weighted by molar-refractivity contribution is 0.571. The molecule has 2 aromatic rings. The van der Waals surface area contributed by atoms with Gasteiger partial charge in [-0.15, -0.1) is 0 Å². The van der Waals surface area contributed by atoms with Crippen molar-refractivity contribution < 1.29 is 8.42 Å². The Kier molecular flexibility index (Phi) is 4.46. The van der Waals surface area contributed by atoms with Crippen LogP contribution < -0.4 is 4.72 Å². The molecular formula is C14H17N3O2S. The van der Waals surface area contributed by atoms with Crippen LogP contribution in [0.25, 0.3) is 11.3 Å². The van der Waals surface area contributed by atoms with Crippen LogP contribution in [0.2, 0.25) is 0 Å². The quantitative estimate of drug-likeness (QED) is 0.914. The van der Waals surface area contributed by atoms with Crippen molar-refractivity contribution in [2.75, 3.05) is 0 Å².